The van der Waals surface area contributed by atoms with Crippen LogP contribution in [0, 0.1) is 18.8 Å². The lowest BCUT2D eigenvalue weighted by Crippen LogP contribution is -2.06. The molecule has 0 saturated heterocycles. The van der Waals surface area contributed by atoms with E-state index in [9.17, 15) is 5.11 Å². The molecule has 0 bridgehead atoms. The summed E-state index contributed by atoms with van der Waals surface area (Å²) < 4.78 is 3.43. The highest BCUT2D eigenvalue weighted by atomic mass is 32.2. The minimum Gasteiger partial charge on any atom is -0.508 e. The highest BCUT2D eigenvalue weighted by molar-refractivity contribution is 7.97. The molecule has 3 aromatic rings. The molecule has 0 amide bonds. The summed E-state index contributed by atoms with van der Waals surface area (Å²) in [7, 11) is 0. The van der Waals surface area contributed by atoms with Gasteiger partial charge in [-0.2, -0.15) is 0 Å². The Kier molecular flexibility index (Phi) is 7.56. The van der Waals surface area contributed by atoms with E-state index in [0.717, 1.165) is 29.1 Å². The molecule has 4 nitrogen and oxygen atoms in total. The second-order valence-electron chi connectivity index (χ2n) is 6.75. The molecular formula is C25H25N3OS. The molecule has 3 rings (SSSR count). The van der Waals surface area contributed by atoms with Crippen molar-refractivity contribution in [3.63, 3.8) is 0 Å². The molecule has 0 aliphatic carbocycles. The predicted molar refractivity (Wildman–Crippen MR) is 126 cm³/mol. The number of anilines is 1. The number of hydrogen-bond donors (Lipinski definition) is 3. The Hall–Kier alpha value is -3.20. The summed E-state index contributed by atoms with van der Waals surface area (Å²) in [5.74, 6) is 6.30. The third-order valence-electron chi connectivity index (χ3n) is 4.48. The number of nitrogens with one attached hydrogen (secondary N) is 1. The van der Waals surface area contributed by atoms with Crippen molar-refractivity contribution in [2.75, 3.05) is 5.73 Å². The average Bonchev–Trinajstić information content (AvgIpc) is 2.74. The second kappa shape index (κ2) is 10.5. The van der Waals surface area contributed by atoms with Crippen molar-refractivity contribution >= 4 is 23.7 Å². The number of nitrogens with two attached hydrogens (primary N) is 1. The number of pyridine rings is 1. The molecule has 0 aliphatic rings. The Morgan fingerprint density at radius 3 is 2.67 bits per heavy atom. The molecule has 4 N–H and O–H groups in total. The topological polar surface area (TPSA) is 71.2 Å². The Morgan fingerprint density at radius 2 is 1.93 bits per heavy atom. The Balaban J connectivity index is 1.60. The van der Waals surface area contributed by atoms with Gasteiger partial charge in [0.05, 0.1) is 5.69 Å². The molecule has 0 atom stereocenters. The first-order valence-corrected chi connectivity index (χ1v) is 10.6. The smallest absolute Gasteiger partial charge is 0.117 e. The zero-order chi connectivity index (χ0) is 21.3. The Morgan fingerprint density at radius 1 is 1.13 bits per heavy atom. The summed E-state index contributed by atoms with van der Waals surface area (Å²) in [6, 6.07) is 14.9. The first-order chi connectivity index (χ1) is 14.6. The molecule has 0 saturated carbocycles. The van der Waals surface area contributed by atoms with Crippen LogP contribution in [0.15, 0.2) is 65.7 Å². The number of aryl methyl sites for hydroxylation is 1. The van der Waals surface area contributed by atoms with E-state index < -0.39 is 0 Å². The van der Waals surface area contributed by atoms with E-state index in [-0.39, 0.29) is 5.75 Å². The van der Waals surface area contributed by atoms with Crippen LogP contribution in [-0.4, -0.2) is 10.1 Å². The van der Waals surface area contributed by atoms with Crippen LogP contribution in [0.1, 0.15) is 41.3 Å². The molecule has 152 valence electrons. The summed E-state index contributed by atoms with van der Waals surface area (Å²) in [4.78, 5) is 5.51. The number of aromatic hydroxyl groups is 1. The van der Waals surface area contributed by atoms with Gasteiger partial charge in [0, 0.05) is 40.5 Å². The van der Waals surface area contributed by atoms with Gasteiger partial charge in [-0.25, -0.2) is 0 Å². The van der Waals surface area contributed by atoms with Crippen molar-refractivity contribution in [3.05, 3.63) is 88.8 Å². The molecular weight excluding hydrogens is 390 g/mol. The highest BCUT2D eigenvalue weighted by Crippen LogP contribution is 2.20. The maximum atomic E-state index is 9.42. The minimum absolute atomic E-state index is 0.141. The molecule has 0 aliphatic heterocycles. The van der Waals surface area contributed by atoms with Gasteiger partial charge in [-0.3, -0.25) is 9.71 Å². The highest BCUT2D eigenvalue weighted by Gasteiger charge is 2.04. The lowest BCUT2D eigenvalue weighted by Gasteiger charge is -2.09. The maximum Gasteiger partial charge on any atom is 0.117 e. The van der Waals surface area contributed by atoms with Gasteiger partial charge in [0.25, 0.3) is 0 Å². The number of phenolic OH excluding ortho intramolecular Hbond substituents is 1. The van der Waals surface area contributed by atoms with E-state index >= 15 is 0 Å². The number of benzene rings is 2. The summed E-state index contributed by atoms with van der Waals surface area (Å²) in [6.07, 6.45) is 7.17. The van der Waals surface area contributed by atoms with Crippen LogP contribution in [0.2, 0.25) is 0 Å². The molecule has 1 heterocycles. The number of allylic oxidation sites excluding steroid dienone is 1. The largest absolute Gasteiger partial charge is 0.508 e. The first-order valence-electron chi connectivity index (χ1n) is 9.78. The molecule has 0 radical (unpaired) electrons. The van der Waals surface area contributed by atoms with Crippen molar-refractivity contribution in [1.82, 2.24) is 9.71 Å². The summed E-state index contributed by atoms with van der Waals surface area (Å²) in [6.45, 7) is 4.92. The van der Waals surface area contributed by atoms with Gasteiger partial charge in [-0.15, -0.1) is 0 Å². The van der Waals surface area contributed by atoms with Crippen molar-refractivity contribution in [2.24, 2.45) is 0 Å². The number of nitrogens with zero attached hydrogens (tertiary/aromatic N) is 1. The number of nitrogen functional groups attached to an aromatic ring is 1. The Labute approximate surface area is 182 Å². The monoisotopic (exact) mass is 415 g/mol. The zero-order valence-electron chi connectivity index (χ0n) is 17.1. The fourth-order valence-corrected chi connectivity index (χ4v) is 3.52. The summed E-state index contributed by atoms with van der Waals surface area (Å²) in [5, 5.41) is 9.42. The lowest BCUT2D eigenvalue weighted by atomic mass is 10.1. The van der Waals surface area contributed by atoms with Gasteiger partial charge < -0.3 is 10.8 Å². The quantitative estimate of drug-likeness (QED) is 0.290. The van der Waals surface area contributed by atoms with Crippen LogP contribution in [-0.2, 0) is 6.54 Å². The fraction of sp³-hybridized carbons (Fsp3) is 0.160. The molecule has 0 unspecified atom stereocenters. The maximum absolute atomic E-state index is 9.42. The third kappa shape index (κ3) is 5.90. The molecule has 1 aromatic heterocycles. The molecule has 30 heavy (non-hydrogen) atoms. The lowest BCUT2D eigenvalue weighted by molar-refractivity contribution is 0.475. The van der Waals surface area contributed by atoms with E-state index in [1.165, 1.54) is 17.2 Å². The van der Waals surface area contributed by atoms with Crippen molar-refractivity contribution in [1.29, 1.82) is 0 Å². The molecule has 0 fully saturated rings. The summed E-state index contributed by atoms with van der Waals surface area (Å²) >= 11 is 1.59. The van der Waals surface area contributed by atoms with Gasteiger partial charge in [0.1, 0.15) is 5.75 Å². The van der Waals surface area contributed by atoms with Crippen LogP contribution < -0.4 is 10.5 Å². The van der Waals surface area contributed by atoms with E-state index in [4.69, 9.17) is 5.73 Å². The Bertz CT molecular complexity index is 1100. The van der Waals surface area contributed by atoms with Crippen molar-refractivity contribution < 1.29 is 5.11 Å². The van der Waals surface area contributed by atoms with E-state index in [1.54, 1.807) is 24.1 Å². The third-order valence-corrected chi connectivity index (χ3v) is 5.28. The molecule has 0 spiro atoms. The number of hydrogen-bond acceptors (Lipinski definition) is 5. The van der Waals surface area contributed by atoms with Crippen molar-refractivity contribution in [2.45, 2.75) is 31.7 Å². The number of phenols is 1. The van der Waals surface area contributed by atoms with E-state index in [0.29, 0.717) is 11.3 Å². The normalized spacial score (nSPS) is 10.7. The first kappa shape index (κ1) is 21.5. The minimum atomic E-state index is 0.141. The molecule has 5 heteroatoms. The van der Waals surface area contributed by atoms with Crippen LogP contribution in [0.5, 0.6) is 5.75 Å². The fourth-order valence-electron chi connectivity index (χ4n) is 2.86. The van der Waals surface area contributed by atoms with Crippen LogP contribution in [0.3, 0.4) is 0 Å². The van der Waals surface area contributed by atoms with Gasteiger partial charge in [0.2, 0.25) is 0 Å². The van der Waals surface area contributed by atoms with Gasteiger partial charge in [-0.1, -0.05) is 30.9 Å². The standard InChI is InChI=1S/C25H25N3OS/c1-3-4-5-24-18(2)27-15-14-21(24)17-28-30-23-12-7-19(8-13-23)6-9-20-10-11-22(29)16-25(20)26/h4-5,7-8,10-16,28-29H,3,17,26H2,1-2H3/b5-4-. The predicted octanol–water partition coefficient (Wildman–Crippen LogP) is 5.30. The van der Waals surface area contributed by atoms with E-state index in [1.807, 2.05) is 37.4 Å². The van der Waals surface area contributed by atoms with E-state index in [2.05, 4.69) is 46.7 Å². The average molecular weight is 416 g/mol. The summed E-state index contributed by atoms with van der Waals surface area (Å²) in [5.41, 5.74) is 11.4. The number of aromatic nitrogens is 1. The van der Waals surface area contributed by atoms with Crippen LogP contribution in [0.25, 0.3) is 6.08 Å². The SMILES string of the molecule is CC/C=C\c1c(CNSc2ccc(C#Cc3ccc(O)cc3N)cc2)ccnc1C. The van der Waals surface area contributed by atoms with Gasteiger partial charge >= 0.3 is 0 Å². The van der Waals surface area contributed by atoms with Gasteiger partial charge in [0.15, 0.2) is 0 Å². The van der Waals surface area contributed by atoms with Crippen LogP contribution >= 0.6 is 11.9 Å². The zero-order valence-corrected chi connectivity index (χ0v) is 18.0. The van der Waals surface area contributed by atoms with Gasteiger partial charge in [-0.05, 0) is 78.9 Å². The van der Waals surface area contributed by atoms with Crippen LogP contribution in [0.4, 0.5) is 5.69 Å². The number of rotatable bonds is 6. The van der Waals surface area contributed by atoms with Crippen molar-refractivity contribution in [3.8, 4) is 17.6 Å². The second-order valence-corrected chi connectivity index (χ2v) is 7.71. The molecule has 2 aromatic carbocycles.